The van der Waals surface area contributed by atoms with Crippen LogP contribution >= 0.6 is 27.3 Å². The summed E-state index contributed by atoms with van der Waals surface area (Å²) in [5, 5.41) is 5.55. The summed E-state index contributed by atoms with van der Waals surface area (Å²) in [5.41, 5.74) is 0. The summed E-state index contributed by atoms with van der Waals surface area (Å²) < 4.78 is 1.26. The number of rotatable bonds is 5. The Balaban J connectivity index is 2.56. The lowest BCUT2D eigenvalue weighted by Gasteiger charge is -2.19. The van der Waals surface area contributed by atoms with Crippen molar-refractivity contribution >= 4 is 27.3 Å². The van der Waals surface area contributed by atoms with Gasteiger partial charge in [0.15, 0.2) is 0 Å². The summed E-state index contributed by atoms with van der Waals surface area (Å²) in [6.45, 7) is 8.92. The predicted octanol–water partition coefficient (Wildman–Crippen LogP) is 3.86. The molecule has 0 radical (unpaired) electrons. The monoisotopic (exact) mass is 275 g/mol. The first kappa shape index (κ1) is 12.2. The lowest BCUT2D eigenvalue weighted by Crippen LogP contribution is -2.23. The third kappa shape index (κ3) is 3.07. The summed E-state index contributed by atoms with van der Waals surface area (Å²) >= 11 is 5.44. The molecule has 1 aromatic heterocycles. The van der Waals surface area contributed by atoms with E-state index in [1.807, 2.05) is 11.3 Å². The van der Waals surface area contributed by atoms with Crippen molar-refractivity contribution in [3.8, 4) is 0 Å². The Morgan fingerprint density at radius 1 is 1.50 bits per heavy atom. The first-order valence-electron chi connectivity index (χ1n) is 5.10. The summed E-state index contributed by atoms with van der Waals surface area (Å²) in [4.78, 5) is 1.47. The second-order valence-electron chi connectivity index (χ2n) is 3.71. The van der Waals surface area contributed by atoms with Crippen molar-refractivity contribution in [2.24, 2.45) is 5.92 Å². The van der Waals surface area contributed by atoms with E-state index in [1.165, 1.54) is 9.35 Å². The van der Waals surface area contributed by atoms with Crippen LogP contribution in [0.5, 0.6) is 0 Å². The molecule has 0 bridgehead atoms. The van der Waals surface area contributed by atoms with Gasteiger partial charge in [0.25, 0.3) is 0 Å². The third-order valence-corrected chi connectivity index (χ3v) is 4.70. The van der Waals surface area contributed by atoms with E-state index in [2.05, 4.69) is 53.5 Å². The fourth-order valence-corrected chi connectivity index (χ4v) is 3.36. The van der Waals surface area contributed by atoms with Gasteiger partial charge in [-0.3, -0.25) is 0 Å². The van der Waals surface area contributed by atoms with Gasteiger partial charge in [-0.1, -0.05) is 20.8 Å². The van der Waals surface area contributed by atoms with Crippen LogP contribution in [-0.4, -0.2) is 13.1 Å². The molecule has 0 spiro atoms. The average molecular weight is 276 g/mol. The lowest BCUT2D eigenvalue weighted by molar-refractivity contribution is 0.457. The van der Waals surface area contributed by atoms with Gasteiger partial charge in [-0.2, -0.15) is 0 Å². The molecule has 1 nitrogen and oxygen atoms in total. The van der Waals surface area contributed by atoms with Crippen molar-refractivity contribution < 1.29 is 0 Å². The minimum atomic E-state index is 0.628. The molecule has 1 N–H and O–H groups in total. The van der Waals surface area contributed by atoms with Gasteiger partial charge in [0.05, 0.1) is 0 Å². The highest BCUT2D eigenvalue weighted by molar-refractivity contribution is 9.10. The van der Waals surface area contributed by atoms with E-state index in [-0.39, 0.29) is 0 Å². The second-order valence-corrected chi connectivity index (χ2v) is 5.51. The minimum absolute atomic E-state index is 0.628. The van der Waals surface area contributed by atoms with Crippen LogP contribution in [0, 0.1) is 5.92 Å². The molecule has 1 heterocycles. The highest BCUT2D eigenvalue weighted by Crippen LogP contribution is 2.34. The molecule has 0 aliphatic heterocycles. The van der Waals surface area contributed by atoms with Crippen LogP contribution in [0.25, 0.3) is 0 Å². The van der Waals surface area contributed by atoms with Gasteiger partial charge in [-0.15, -0.1) is 11.3 Å². The van der Waals surface area contributed by atoms with E-state index in [9.17, 15) is 0 Å². The van der Waals surface area contributed by atoms with Crippen molar-refractivity contribution in [3.63, 3.8) is 0 Å². The van der Waals surface area contributed by atoms with E-state index in [0.717, 1.165) is 13.1 Å². The molecule has 1 rings (SSSR count). The first-order valence-corrected chi connectivity index (χ1v) is 6.77. The van der Waals surface area contributed by atoms with Gasteiger partial charge < -0.3 is 5.32 Å². The smallest absolute Gasteiger partial charge is 0.0317 e. The normalized spacial score (nSPS) is 15.4. The first-order chi connectivity index (χ1) is 6.66. The van der Waals surface area contributed by atoms with Crippen LogP contribution in [0.15, 0.2) is 15.9 Å². The van der Waals surface area contributed by atoms with Crippen molar-refractivity contribution in [1.29, 1.82) is 0 Å². The highest BCUT2D eigenvalue weighted by Gasteiger charge is 2.17. The number of nitrogens with one attached hydrogen (secondary N) is 1. The number of halogens is 1. The Hall–Kier alpha value is 0.140. The van der Waals surface area contributed by atoms with Crippen LogP contribution < -0.4 is 5.32 Å². The number of thiophene rings is 1. The van der Waals surface area contributed by atoms with E-state index in [0.29, 0.717) is 11.8 Å². The number of hydrogen-bond acceptors (Lipinski definition) is 2. The van der Waals surface area contributed by atoms with Gasteiger partial charge in [-0.25, -0.2) is 0 Å². The maximum absolute atomic E-state index is 3.59. The van der Waals surface area contributed by atoms with Crippen LogP contribution in [-0.2, 0) is 0 Å². The van der Waals surface area contributed by atoms with E-state index in [1.54, 1.807) is 0 Å². The Morgan fingerprint density at radius 3 is 2.71 bits per heavy atom. The largest absolute Gasteiger partial charge is 0.317 e. The molecule has 3 heteroatoms. The topological polar surface area (TPSA) is 12.0 Å². The molecule has 1 aromatic rings. The third-order valence-electron chi connectivity index (χ3n) is 2.63. The molecular weight excluding hydrogens is 258 g/mol. The van der Waals surface area contributed by atoms with Crippen LogP contribution in [0.2, 0.25) is 0 Å². The van der Waals surface area contributed by atoms with Crippen LogP contribution in [0.3, 0.4) is 0 Å². The zero-order chi connectivity index (χ0) is 10.6. The summed E-state index contributed by atoms with van der Waals surface area (Å²) in [6, 6.07) is 2.14. The standard InChI is InChI=1S/C11H18BrNS/c1-4-13-7-8(2)9(3)11-10(12)5-6-14-11/h5-6,8-9,13H,4,7H2,1-3H3. The van der Waals surface area contributed by atoms with Crippen LogP contribution in [0.1, 0.15) is 31.6 Å². The maximum Gasteiger partial charge on any atom is 0.0317 e. The zero-order valence-electron chi connectivity index (χ0n) is 9.01. The quantitative estimate of drug-likeness (QED) is 0.861. The molecule has 14 heavy (non-hydrogen) atoms. The Labute approximate surface area is 99.0 Å². The van der Waals surface area contributed by atoms with Gasteiger partial charge in [0.1, 0.15) is 0 Å². The molecule has 0 amide bonds. The lowest BCUT2D eigenvalue weighted by atomic mass is 9.94. The fourth-order valence-electron chi connectivity index (χ4n) is 1.44. The molecule has 2 unspecified atom stereocenters. The molecular formula is C11H18BrNS. The van der Waals surface area contributed by atoms with Gasteiger partial charge in [0, 0.05) is 9.35 Å². The molecule has 80 valence electrons. The molecule has 0 saturated carbocycles. The molecule has 0 saturated heterocycles. The van der Waals surface area contributed by atoms with Gasteiger partial charge in [-0.05, 0) is 52.3 Å². The van der Waals surface area contributed by atoms with Crippen molar-refractivity contribution in [2.45, 2.75) is 26.7 Å². The maximum atomic E-state index is 3.59. The van der Waals surface area contributed by atoms with E-state index < -0.39 is 0 Å². The second kappa shape index (κ2) is 5.89. The molecule has 0 fully saturated rings. The summed E-state index contributed by atoms with van der Waals surface area (Å²) in [5.74, 6) is 1.31. The SMILES string of the molecule is CCNCC(C)C(C)c1sccc1Br. The Morgan fingerprint density at radius 2 is 2.21 bits per heavy atom. The summed E-state index contributed by atoms with van der Waals surface area (Å²) in [6.07, 6.45) is 0. The number of hydrogen-bond donors (Lipinski definition) is 1. The minimum Gasteiger partial charge on any atom is -0.317 e. The summed E-state index contributed by atoms with van der Waals surface area (Å²) in [7, 11) is 0. The van der Waals surface area contributed by atoms with Crippen molar-refractivity contribution in [3.05, 3.63) is 20.8 Å². The van der Waals surface area contributed by atoms with Gasteiger partial charge >= 0.3 is 0 Å². The Kier molecular flexibility index (Phi) is 5.13. The highest BCUT2D eigenvalue weighted by atomic mass is 79.9. The fraction of sp³-hybridized carbons (Fsp3) is 0.636. The van der Waals surface area contributed by atoms with Crippen molar-refractivity contribution in [1.82, 2.24) is 5.32 Å². The van der Waals surface area contributed by atoms with Crippen molar-refractivity contribution in [2.75, 3.05) is 13.1 Å². The molecule has 2 atom stereocenters. The zero-order valence-corrected chi connectivity index (χ0v) is 11.4. The van der Waals surface area contributed by atoms with E-state index in [4.69, 9.17) is 0 Å². The van der Waals surface area contributed by atoms with E-state index >= 15 is 0 Å². The molecule has 0 aliphatic carbocycles. The molecule has 0 aromatic carbocycles. The van der Waals surface area contributed by atoms with Crippen LogP contribution in [0.4, 0.5) is 0 Å². The van der Waals surface area contributed by atoms with Gasteiger partial charge in [0.2, 0.25) is 0 Å². The predicted molar refractivity (Wildman–Crippen MR) is 68.1 cm³/mol. The average Bonchev–Trinajstić information content (AvgIpc) is 2.59. The Bertz CT molecular complexity index is 272. The molecule has 0 aliphatic rings.